The number of carbonyl (C=O) groups is 7. The second-order valence-corrected chi connectivity index (χ2v) is 16.7. The summed E-state index contributed by atoms with van der Waals surface area (Å²) in [5.74, 6) is -4.94. The van der Waals surface area contributed by atoms with Crippen molar-refractivity contribution in [3.8, 4) is 0 Å². The van der Waals surface area contributed by atoms with Crippen LogP contribution in [0.1, 0.15) is 79.7 Å². The van der Waals surface area contributed by atoms with E-state index in [0.29, 0.717) is 19.4 Å². The first-order chi connectivity index (χ1) is 30.8. The van der Waals surface area contributed by atoms with Gasteiger partial charge in [0.2, 0.25) is 17.7 Å². The average molecular weight is 866 g/mol. The number of aliphatic carboxylic acids is 1. The molecule has 0 aromatic heterocycles. The van der Waals surface area contributed by atoms with Gasteiger partial charge in [0.25, 0.3) is 0 Å². The number of carboxylic acids is 1. The van der Waals surface area contributed by atoms with E-state index in [1.807, 2.05) is 134 Å². The number of nitrogens with one attached hydrogen (secondary N) is 3. The van der Waals surface area contributed by atoms with E-state index in [4.69, 9.17) is 0 Å². The third-order valence-electron chi connectivity index (χ3n) is 11.4. The molecule has 0 saturated heterocycles. The summed E-state index contributed by atoms with van der Waals surface area (Å²) in [5.41, 5.74) is 4.20. The van der Waals surface area contributed by atoms with Crippen LogP contribution in [-0.2, 0) is 59.2 Å². The van der Waals surface area contributed by atoms with Crippen LogP contribution in [0.2, 0.25) is 0 Å². The number of carbonyl (C=O) groups excluding carboxylic acids is 6. The molecule has 4 atom stereocenters. The lowest BCUT2D eigenvalue weighted by Crippen LogP contribution is -2.48. The maximum absolute atomic E-state index is 14.5. The van der Waals surface area contributed by atoms with Gasteiger partial charge in [-0.3, -0.25) is 24.0 Å². The van der Waals surface area contributed by atoms with Gasteiger partial charge in [-0.15, -0.1) is 0 Å². The highest BCUT2D eigenvalue weighted by molar-refractivity contribution is 5.95. The first-order valence-electron chi connectivity index (χ1n) is 22.1. The van der Waals surface area contributed by atoms with Gasteiger partial charge in [-0.05, 0) is 72.6 Å². The fourth-order valence-corrected chi connectivity index (χ4v) is 7.75. The molecule has 3 amide bonds. The second kappa shape index (κ2) is 24.8. The van der Waals surface area contributed by atoms with Crippen LogP contribution in [-0.4, -0.2) is 64.8 Å². The zero-order valence-electron chi connectivity index (χ0n) is 36.7. The highest BCUT2D eigenvalue weighted by Gasteiger charge is 2.32. The summed E-state index contributed by atoms with van der Waals surface area (Å²) in [4.78, 5) is 92.7. The molecule has 5 aromatic carbocycles. The van der Waals surface area contributed by atoms with E-state index in [1.54, 1.807) is 0 Å². The Kier molecular flexibility index (Phi) is 18.7. The van der Waals surface area contributed by atoms with Gasteiger partial charge in [0.1, 0.15) is 17.6 Å². The molecule has 0 radical (unpaired) electrons. The van der Waals surface area contributed by atoms with E-state index in [0.717, 1.165) is 38.6 Å². The summed E-state index contributed by atoms with van der Waals surface area (Å²) in [5, 5.41) is 20.7. The lowest BCUT2D eigenvalue weighted by Gasteiger charge is -2.25. The number of fused-ring (bicyclic) bond motifs is 1. The Morgan fingerprint density at radius 2 is 1.12 bits per heavy atom. The molecule has 0 heterocycles. The molecule has 5 aromatic rings. The maximum Gasteiger partial charge on any atom is 0.326 e. The minimum atomic E-state index is -1.26. The highest BCUT2D eigenvalue weighted by Crippen LogP contribution is 2.22. The van der Waals surface area contributed by atoms with Gasteiger partial charge in [-0.25, -0.2) is 4.79 Å². The Labute approximate surface area is 375 Å². The minimum Gasteiger partial charge on any atom is -0.480 e. The van der Waals surface area contributed by atoms with Crippen molar-refractivity contribution in [2.24, 2.45) is 11.8 Å². The number of benzene rings is 5. The van der Waals surface area contributed by atoms with E-state index < -0.39 is 47.5 Å². The predicted octanol–water partition coefficient (Wildman–Crippen LogP) is 7.28. The van der Waals surface area contributed by atoms with Crippen LogP contribution < -0.4 is 16.0 Å². The van der Waals surface area contributed by atoms with Crippen LogP contribution in [0.3, 0.4) is 0 Å². The lowest BCUT2D eigenvalue weighted by molar-refractivity contribution is -0.142. The SMILES string of the molecule is CC(=O)CCC(=O)NCCCC[C@@H](CC(=O)[C@@H](Cc1ccccc1)NC(=O)[C@H](CC(=O)Cc1ccc2ccccc2c1)Cc1ccccc1)C(=O)N[C@H](Cc1ccc(C)cc1)C(=O)O. The molecule has 0 spiro atoms. The number of rotatable bonds is 26. The Bertz CT molecular complexity index is 2360. The molecule has 11 heteroatoms. The number of amides is 3. The Morgan fingerprint density at radius 1 is 0.562 bits per heavy atom. The molecule has 0 aliphatic heterocycles. The fraction of sp³-hybridized carbons (Fsp3) is 0.340. The van der Waals surface area contributed by atoms with Crippen molar-refractivity contribution < 1.29 is 38.7 Å². The molecular weight excluding hydrogens is 807 g/mol. The van der Waals surface area contributed by atoms with Gasteiger partial charge in [-0.2, -0.15) is 0 Å². The van der Waals surface area contributed by atoms with Crippen LogP contribution in [0.5, 0.6) is 0 Å². The van der Waals surface area contributed by atoms with Crippen LogP contribution in [0, 0.1) is 18.8 Å². The third-order valence-corrected chi connectivity index (χ3v) is 11.4. The molecule has 0 saturated carbocycles. The number of aryl methyl sites for hydroxylation is 1. The standard InChI is InChI=1S/C53H59N3O8/c1-36-20-23-40(24-21-36)33-48(53(63)64)56-51(61)44(19-11-12-28-54-50(60)27-22-37(2)57)35-49(59)47(32-39-15-7-4-8-16-39)55-52(62)45(29-38-13-5-3-6-14-38)34-46(58)31-41-25-26-42-17-9-10-18-43(42)30-41/h3-10,13-18,20-21,23-26,30,44-45,47-48H,11-12,19,22,27-29,31-35H2,1-2H3,(H,54,60)(H,55,62)(H,56,61)(H,63,64)/t44-,45-,47+,48+/m0/s1. The number of carboxylic acid groups (broad SMARTS) is 1. The number of hydrogen-bond donors (Lipinski definition) is 4. The zero-order chi connectivity index (χ0) is 45.8. The molecule has 11 nitrogen and oxygen atoms in total. The van der Waals surface area contributed by atoms with Crippen molar-refractivity contribution in [1.82, 2.24) is 16.0 Å². The molecule has 334 valence electrons. The summed E-state index contributed by atoms with van der Waals surface area (Å²) in [6.45, 7) is 3.63. The van der Waals surface area contributed by atoms with Crippen LogP contribution in [0.4, 0.5) is 0 Å². The van der Waals surface area contributed by atoms with Gasteiger partial charge in [0.05, 0.1) is 6.04 Å². The zero-order valence-corrected chi connectivity index (χ0v) is 36.7. The minimum absolute atomic E-state index is 0.0311. The molecule has 64 heavy (non-hydrogen) atoms. The molecule has 0 aliphatic rings. The fourth-order valence-electron chi connectivity index (χ4n) is 7.75. The van der Waals surface area contributed by atoms with E-state index in [-0.39, 0.29) is 75.3 Å². The van der Waals surface area contributed by atoms with E-state index in [9.17, 15) is 38.7 Å². The number of ketones is 3. The van der Waals surface area contributed by atoms with Gasteiger partial charge in [0.15, 0.2) is 5.78 Å². The largest absolute Gasteiger partial charge is 0.480 e. The summed E-state index contributed by atoms with van der Waals surface area (Å²) < 4.78 is 0. The summed E-state index contributed by atoms with van der Waals surface area (Å²) in [6.07, 6.45) is 1.49. The first-order valence-corrected chi connectivity index (χ1v) is 22.1. The molecule has 4 N–H and O–H groups in total. The topological polar surface area (TPSA) is 176 Å². The smallest absolute Gasteiger partial charge is 0.326 e. The van der Waals surface area contributed by atoms with E-state index in [1.165, 1.54) is 6.92 Å². The molecular formula is C53H59N3O8. The van der Waals surface area contributed by atoms with Crippen LogP contribution in [0.15, 0.2) is 127 Å². The number of unbranched alkanes of at least 4 members (excludes halogenated alkanes) is 1. The van der Waals surface area contributed by atoms with Gasteiger partial charge in [-0.1, -0.05) is 139 Å². The normalized spacial score (nSPS) is 12.9. The van der Waals surface area contributed by atoms with Gasteiger partial charge >= 0.3 is 5.97 Å². The first kappa shape index (κ1) is 48.3. The van der Waals surface area contributed by atoms with Gasteiger partial charge < -0.3 is 25.9 Å². The third kappa shape index (κ3) is 16.2. The molecule has 5 rings (SSSR count). The Morgan fingerprint density at radius 3 is 1.78 bits per heavy atom. The van der Waals surface area contributed by atoms with E-state index in [2.05, 4.69) is 16.0 Å². The number of hydrogen-bond acceptors (Lipinski definition) is 7. The van der Waals surface area contributed by atoms with Crippen molar-refractivity contribution in [1.29, 1.82) is 0 Å². The van der Waals surface area contributed by atoms with Crippen molar-refractivity contribution in [3.05, 3.63) is 155 Å². The highest BCUT2D eigenvalue weighted by atomic mass is 16.4. The van der Waals surface area contributed by atoms with Crippen molar-refractivity contribution in [3.63, 3.8) is 0 Å². The summed E-state index contributed by atoms with van der Waals surface area (Å²) in [6, 6.07) is 37.4. The Balaban J connectivity index is 1.35. The van der Waals surface area contributed by atoms with E-state index >= 15 is 0 Å². The summed E-state index contributed by atoms with van der Waals surface area (Å²) >= 11 is 0. The lowest BCUT2D eigenvalue weighted by atomic mass is 9.88. The van der Waals surface area contributed by atoms with Crippen molar-refractivity contribution in [2.45, 2.75) is 96.6 Å². The molecule has 0 unspecified atom stereocenters. The van der Waals surface area contributed by atoms with Crippen molar-refractivity contribution in [2.75, 3.05) is 6.54 Å². The molecule has 0 aliphatic carbocycles. The van der Waals surface area contributed by atoms with Crippen molar-refractivity contribution >= 4 is 51.8 Å². The Hall–Kier alpha value is -6.75. The molecule has 0 fully saturated rings. The van der Waals surface area contributed by atoms with Crippen LogP contribution >= 0.6 is 0 Å². The maximum atomic E-state index is 14.5. The number of Topliss-reactive ketones (excluding diaryl/α,β-unsaturated/α-hetero) is 3. The van der Waals surface area contributed by atoms with Crippen LogP contribution in [0.25, 0.3) is 10.8 Å². The predicted molar refractivity (Wildman–Crippen MR) is 247 cm³/mol. The second-order valence-electron chi connectivity index (χ2n) is 16.7. The molecule has 0 bridgehead atoms. The monoisotopic (exact) mass is 865 g/mol. The van der Waals surface area contributed by atoms with Gasteiger partial charge in [0, 0.05) is 56.9 Å². The average Bonchev–Trinajstić information content (AvgIpc) is 3.28. The summed E-state index contributed by atoms with van der Waals surface area (Å²) in [7, 11) is 0. The quantitative estimate of drug-likeness (QED) is 0.0420.